The Bertz CT molecular complexity index is 1560. The van der Waals surface area contributed by atoms with E-state index in [1.165, 1.54) is 31.2 Å². The van der Waals surface area contributed by atoms with Crippen molar-refractivity contribution >= 4 is 21.7 Å². The maximum absolute atomic E-state index is 13.6. The summed E-state index contributed by atoms with van der Waals surface area (Å²) >= 11 is 0. The molecule has 11 nitrogen and oxygen atoms in total. The summed E-state index contributed by atoms with van der Waals surface area (Å²) in [5, 5.41) is 4.57. The molecule has 1 atom stereocenters. The van der Waals surface area contributed by atoms with E-state index in [-0.39, 0.29) is 16.0 Å². The van der Waals surface area contributed by atoms with Crippen LogP contribution < -0.4 is 19.1 Å². The highest BCUT2D eigenvalue weighted by atomic mass is 32.2. The van der Waals surface area contributed by atoms with E-state index in [9.17, 15) is 13.2 Å². The Morgan fingerprint density at radius 1 is 1.12 bits per heavy atom. The highest BCUT2D eigenvalue weighted by Crippen LogP contribution is 2.48. The number of amides is 1. The van der Waals surface area contributed by atoms with Crippen LogP contribution in [0.4, 0.5) is 5.82 Å². The third kappa shape index (κ3) is 6.08. The molecular formula is C30H38N6O5S. The van der Waals surface area contributed by atoms with E-state index in [4.69, 9.17) is 14.5 Å². The van der Waals surface area contributed by atoms with Gasteiger partial charge in [-0.3, -0.25) is 4.79 Å². The molecule has 0 radical (unpaired) electrons. The van der Waals surface area contributed by atoms with Gasteiger partial charge in [0.2, 0.25) is 11.8 Å². The monoisotopic (exact) mass is 594 g/mol. The van der Waals surface area contributed by atoms with Crippen molar-refractivity contribution in [2.75, 3.05) is 24.7 Å². The predicted octanol–water partition coefficient (Wildman–Crippen LogP) is 4.52. The molecule has 2 fully saturated rings. The second kappa shape index (κ2) is 10.9. The van der Waals surface area contributed by atoms with Gasteiger partial charge in [0.25, 0.3) is 15.9 Å². The van der Waals surface area contributed by atoms with Gasteiger partial charge in [-0.2, -0.15) is 0 Å². The smallest absolute Gasteiger partial charge is 0.268 e. The lowest BCUT2D eigenvalue weighted by atomic mass is 9.93. The first kappa shape index (κ1) is 28.4. The van der Waals surface area contributed by atoms with Crippen molar-refractivity contribution in [3.8, 4) is 17.6 Å². The number of nitrogens with one attached hydrogen (secondary N) is 1. The molecule has 7 rings (SSSR count). The van der Waals surface area contributed by atoms with Crippen LogP contribution in [0, 0.1) is 11.3 Å². The van der Waals surface area contributed by atoms with Crippen molar-refractivity contribution in [2.24, 2.45) is 11.3 Å². The van der Waals surface area contributed by atoms with E-state index in [1.54, 1.807) is 29.1 Å². The van der Waals surface area contributed by atoms with E-state index in [0.29, 0.717) is 54.5 Å². The highest BCUT2D eigenvalue weighted by molar-refractivity contribution is 7.90. The first-order valence-electron chi connectivity index (χ1n) is 14.7. The molecule has 224 valence electrons. The van der Waals surface area contributed by atoms with Crippen molar-refractivity contribution in [3.63, 3.8) is 0 Å². The second-order valence-corrected chi connectivity index (χ2v) is 14.3. The van der Waals surface area contributed by atoms with Gasteiger partial charge in [-0.25, -0.2) is 27.8 Å². The van der Waals surface area contributed by atoms with Gasteiger partial charge in [-0.15, -0.1) is 5.10 Å². The van der Waals surface area contributed by atoms with Gasteiger partial charge in [0.1, 0.15) is 10.7 Å². The van der Waals surface area contributed by atoms with Gasteiger partial charge in [-0.05, 0) is 88.3 Å². The molecule has 3 aliphatic heterocycles. The number of aromatic nitrogens is 4. The quantitative estimate of drug-likeness (QED) is 0.453. The minimum atomic E-state index is -4.18. The summed E-state index contributed by atoms with van der Waals surface area (Å²) in [6.07, 6.45) is 10.2. The molecule has 0 aromatic carbocycles. The van der Waals surface area contributed by atoms with Crippen molar-refractivity contribution in [2.45, 2.75) is 76.2 Å². The standard InChI is InChI=1S/C30H38N6O5S/c1-29(2)18-21-6-4-5-16-40-25-10-7-22(19-31-25)42(38,39)34-28(37)23-8-9-24(32-27(23)35(29)20-21)36-15-11-26(33-36)41-17-14-30(3)12-13-30/h7-11,15,19,21H,4-6,12-14,16-18,20H2,1-3H3,(H,34,37). The zero-order chi connectivity index (χ0) is 29.5. The summed E-state index contributed by atoms with van der Waals surface area (Å²) < 4.78 is 41.7. The van der Waals surface area contributed by atoms with Crippen molar-refractivity contribution < 1.29 is 22.7 Å². The van der Waals surface area contributed by atoms with Gasteiger partial charge in [0.05, 0.1) is 25.0 Å². The average Bonchev–Trinajstić information content (AvgIpc) is 3.35. The van der Waals surface area contributed by atoms with Gasteiger partial charge in [0.15, 0.2) is 5.82 Å². The first-order valence-corrected chi connectivity index (χ1v) is 16.1. The van der Waals surface area contributed by atoms with Crippen LogP contribution >= 0.6 is 0 Å². The largest absolute Gasteiger partial charge is 0.478 e. The molecule has 12 heteroatoms. The third-order valence-electron chi connectivity index (χ3n) is 8.68. The average molecular weight is 595 g/mol. The number of hydrogen-bond acceptors (Lipinski definition) is 9. The highest BCUT2D eigenvalue weighted by Gasteiger charge is 2.41. The zero-order valence-corrected chi connectivity index (χ0v) is 25.2. The Morgan fingerprint density at radius 2 is 1.95 bits per heavy atom. The molecule has 1 unspecified atom stereocenters. The molecular weight excluding hydrogens is 556 g/mol. The molecule has 1 amide bonds. The van der Waals surface area contributed by atoms with Crippen LogP contribution in [0.3, 0.4) is 0 Å². The molecule has 1 saturated carbocycles. The minimum Gasteiger partial charge on any atom is -0.478 e. The molecule has 4 bridgehead atoms. The SMILES string of the molecule is CC1(CCOc2ccn(-c3ccc4c(n3)N3CC(CCCCOc5ccc(cn5)S(=O)(=O)NC4=O)CC3(C)C)n2)CC1. The van der Waals surface area contributed by atoms with Gasteiger partial charge in [-0.1, -0.05) is 6.92 Å². The lowest BCUT2D eigenvalue weighted by Gasteiger charge is -2.34. The van der Waals surface area contributed by atoms with Crippen LogP contribution in [0.2, 0.25) is 0 Å². The summed E-state index contributed by atoms with van der Waals surface area (Å²) in [6, 6.07) is 7.98. The van der Waals surface area contributed by atoms with Crippen molar-refractivity contribution in [1.29, 1.82) is 0 Å². The van der Waals surface area contributed by atoms with Crippen LogP contribution in [0.5, 0.6) is 11.8 Å². The lowest BCUT2D eigenvalue weighted by molar-refractivity contribution is 0.0981. The summed E-state index contributed by atoms with van der Waals surface area (Å²) in [5.74, 6) is 1.42. The molecule has 3 aromatic rings. The number of anilines is 1. The molecule has 1 aliphatic carbocycles. The van der Waals surface area contributed by atoms with E-state index in [1.807, 2.05) is 0 Å². The first-order chi connectivity index (χ1) is 20.0. The fourth-order valence-corrected chi connectivity index (χ4v) is 6.75. The van der Waals surface area contributed by atoms with Crippen LogP contribution in [0.25, 0.3) is 5.82 Å². The van der Waals surface area contributed by atoms with E-state index in [2.05, 4.69) is 40.5 Å². The van der Waals surface area contributed by atoms with Crippen LogP contribution in [0.15, 0.2) is 47.6 Å². The lowest BCUT2D eigenvalue weighted by Crippen LogP contribution is -2.41. The van der Waals surface area contributed by atoms with Crippen LogP contribution in [-0.4, -0.2) is 59.4 Å². The molecule has 1 N–H and O–H groups in total. The Morgan fingerprint density at radius 3 is 2.71 bits per heavy atom. The Kier molecular flexibility index (Phi) is 7.36. The Balaban J connectivity index is 1.33. The molecule has 3 aromatic heterocycles. The summed E-state index contributed by atoms with van der Waals surface area (Å²) in [4.78, 5) is 24.6. The van der Waals surface area contributed by atoms with Crippen LogP contribution in [0.1, 0.15) is 76.1 Å². The predicted molar refractivity (Wildman–Crippen MR) is 157 cm³/mol. The van der Waals surface area contributed by atoms with Crippen LogP contribution in [-0.2, 0) is 10.0 Å². The Hall–Kier alpha value is -3.67. The topological polar surface area (TPSA) is 129 Å². The third-order valence-corrected chi connectivity index (χ3v) is 10.00. The van der Waals surface area contributed by atoms with E-state index < -0.39 is 15.9 Å². The maximum Gasteiger partial charge on any atom is 0.268 e. The normalized spacial score (nSPS) is 22.5. The summed E-state index contributed by atoms with van der Waals surface area (Å²) in [5.41, 5.74) is 0.269. The maximum atomic E-state index is 13.6. The second-order valence-electron chi connectivity index (χ2n) is 12.7. The molecule has 4 aliphatic rings. The number of carbonyl (C=O) groups excluding carboxylic acids is 1. The number of fused-ring (bicyclic) bond motifs is 8. The zero-order valence-electron chi connectivity index (χ0n) is 24.4. The number of sulfonamides is 1. The van der Waals surface area contributed by atoms with E-state index in [0.717, 1.165) is 32.1 Å². The van der Waals surface area contributed by atoms with Crippen molar-refractivity contribution in [3.05, 3.63) is 48.3 Å². The van der Waals surface area contributed by atoms with E-state index >= 15 is 0 Å². The van der Waals surface area contributed by atoms with Gasteiger partial charge < -0.3 is 14.4 Å². The van der Waals surface area contributed by atoms with Crippen molar-refractivity contribution in [1.82, 2.24) is 24.5 Å². The number of carbonyl (C=O) groups is 1. The molecule has 42 heavy (non-hydrogen) atoms. The fraction of sp³-hybridized carbons (Fsp3) is 0.533. The molecule has 1 saturated heterocycles. The number of pyridine rings is 2. The summed E-state index contributed by atoms with van der Waals surface area (Å²) in [7, 11) is -4.18. The summed E-state index contributed by atoms with van der Waals surface area (Å²) in [6.45, 7) is 8.34. The number of ether oxygens (including phenoxy) is 2. The van der Waals surface area contributed by atoms with Gasteiger partial charge in [0, 0.05) is 30.4 Å². The number of rotatable bonds is 5. The fourth-order valence-electron chi connectivity index (χ4n) is 5.84. The van der Waals surface area contributed by atoms with Gasteiger partial charge >= 0.3 is 0 Å². The molecule has 0 spiro atoms. The molecule has 6 heterocycles. The Labute approximate surface area is 246 Å². The minimum absolute atomic E-state index is 0.125. The number of hydrogen-bond donors (Lipinski definition) is 1. The number of nitrogens with zero attached hydrogens (tertiary/aromatic N) is 5.